The van der Waals surface area contributed by atoms with Gasteiger partial charge in [0.25, 0.3) is 0 Å². The number of H-pyrrole nitrogens is 1. The average Bonchev–Trinajstić information content (AvgIpc) is 3.43. The van der Waals surface area contributed by atoms with Crippen LogP contribution in [0.4, 0.5) is 0 Å². The van der Waals surface area contributed by atoms with Gasteiger partial charge in [0.1, 0.15) is 5.75 Å². The molecule has 6 heteroatoms. The van der Waals surface area contributed by atoms with E-state index < -0.39 is 0 Å². The molecule has 1 N–H and O–H groups in total. The van der Waals surface area contributed by atoms with Gasteiger partial charge in [0.05, 0.1) is 31.2 Å². The summed E-state index contributed by atoms with van der Waals surface area (Å²) in [6.07, 6.45) is 7.16. The summed E-state index contributed by atoms with van der Waals surface area (Å²) < 4.78 is 6.08. The van der Waals surface area contributed by atoms with Gasteiger partial charge in [-0.15, -0.1) is 11.3 Å². The van der Waals surface area contributed by atoms with Crippen molar-refractivity contribution in [3.05, 3.63) is 59.2 Å². The van der Waals surface area contributed by atoms with E-state index in [9.17, 15) is 4.79 Å². The molecule has 3 aromatic rings. The van der Waals surface area contributed by atoms with Gasteiger partial charge < -0.3 is 14.6 Å². The Kier molecular flexibility index (Phi) is 6.07. The predicted octanol–water partition coefficient (Wildman–Crippen LogP) is 4.39. The third-order valence-electron chi connectivity index (χ3n) is 5.33. The summed E-state index contributed by atoms with van der Waals surface area (Å²) in [5, 5.41) is 2.03. The lowest BCUT2D eigenvalue weighted by molar-refractivity contribution is -0.131. The van der Waals surface area contributed by atoms with Crippen molar-refractivity contribution >= 4 is 17.2 Å². The summed E-state index contributed by atoms with van der Waals surface area (Å²) in [5.74, 6) is 1.76. The second kappa shape index (κ2) is 9.06. The Morgan fingerprint density at radius 2 is 2.07 bits per heavy atom. The number of likely N-dealkylation sites (tertiary alicyclic amines) is 1. The minimum Gasteiger partial charge on any atom is -0.493 e. The highest BCUT2D eigenvalue weighted by Crippen LogP contribution is 2.29. The maximum Gasteiger partial charge on any atom is 0.227 e. The van der Waals surface area contributed by atoms with E-state index in [1.54, 1.807) is 17.7 Å². The largest absolute Gasteiger partial charge is 0.493 e. The number of rotatable bonds is 7. The molecule has 2 aromatic heterocycles. The van der Waals surface area contributed by atoms with Crippen LogP contribution in [0, 0.1) is 5.92 Å². The zero-order valence-electron chi connectivity index (χ0n) is 15.8. The normalized spacial score (nSPS) is 14.9. The van der Waals surface area contributed by atoms with Gasteiger partial charge in [-0.05, 0) is 48.8 Å². The molecule has 146 valence electrons. The lowest BCUT2D eigenvalue weighted by Crippen LogP contribution is -2.39. The molecule has 0 atom stereocenters. The van der Waals surface area contributed by atoms with Crippen LogP contribution in [-0.4, -0.2) is 40.5 Å². The minimum absolute atomic E-state index is 0.255. The topological polar surface area (TPSA) is 58.2 Å². The fourth-order valence-electron chi connectivity index (χ4n) is 3.70. The molecule has 0 unspecified atom stereocenters. The average molecular weight is 396 g/mol. The van der Waals surface area contributed by atoms with Gasteiger partial charge in [0.15, 0.2) is 0 Å². The maximum atomic E-state index is 12.4. The van der Waals surface area contributed by atoms with Crippen molar-refractivity contribution in [2.24, 2.45) is 5.92 Å². The summed E-state index contributed by atoms with van der Waals surface area (Å²) in [6.45, 7) is 2.41. The number of nitrogens with zero attached hydrogens (tertiary/aromatic N) is 2. The Labute approximate surface area is 169 Å². The molecule has 4 rings (SSSR count). The first-order valence-corrected chi connectivity index (χ1v) is 10.7. The molecule has 0 saturated carbocycles. The van der Waals surface area contributed by atoms with E-state index in [1.165, 1.54) is 0 Å². The van der Waals surface area contributed by atoms with Crippen molar-refractivity contribution in [2.45, 2.75) is 25.7 Å². The highest BCUT2D eigenvalue weighted by molar-refractivity contribution is 7.10. The number of carbonyl (C=O) groups excluding carboxylic acids is 1. The van der Waals surface area contributed by atoms with Crippen molar-refractivity contribution in [1.29, 1.82) is 0 Å². The highest BCUT2D eigenvalue weighted by Gasteiger charge is 2.23. The Balaban J connectivity index is 1.23. The number of nitrogens with one attached hydrogen (secondary N) is 1. The number of hydrogen-bond donors (Lipinski definition) is 1. The number of piperidine rings is 1. The maximum absolute atomic E-state index is 12.4. The van der Waals surface area contributed by atoms with Gasteiger partial charge in [-0.2, -0.15) is 0 Å². The SMILES string of the molecule is O=C(Cc1cccs1)N1CCC(CCOc2ccccc2-c2cnc[nH]2)CC1. The number of ether oxygens (including phenoxy) is 1. The molecular weight excluding hydrogens is 370 g/mol. The fourth-order valence-corrected chi connectivity index (χ4v) is 4.39. The van der Waals surface area contributed by atoms with Crippen LogP contribution in [0.15, 0.2) is 54.3 Å². The third kappa shape index (κ3) is 4.62. The molecule has 1 aliphatic rings. The minimum atomic E-state index is 0.255. The van der Waals surface area contributed by atoms with Crippen molar-refractivity contribution in [1.82, 2.24) is 14.9 Å². The Bertz CT molecular complexity index is 869. The molecule has 0 spiro atoms. The zero-order chi connectivity index (χ0) is 19.2. The van der Waals surface area contributed by atoms with Gasteiger partial charge in [0, 0.05) is 23.5 Å². The number of aromatic amines is 1. The molecule has 1 aromatic carbocycles. The summed E-state index contributed by atoms with van der Waals surface area (Å²) in [6, 6.07) is 12.1. The summed E-state index contributed by atoms with van der Waals surface area (Å²) in [4.78, 5) is 22.8. The van der Waals surface area contributed by atoms with Crippen molar-refractivity contribution in [2.75, 3.05) is 19.7 Å². The van der Waals surface area contributed by atoms with E-state index in [2.05, 4.69) is 9.97 Å². The lowest BCUT2D eigenvalue weighted by Gasteiger charge is -2.32. The first kappa shape index (κ1) is 18.7. The van der Waals surface area contributed by atoms with Gasteiger partial charge in [-0.1, -0.05) is 18.2 Å². The Morgan fingerprint density at radius 3 is 2.82 bits per heavy atom. The molecule has 0 radical (unpaired) electrons. The van der Waals surface area contributed by atoms with Crippen LogP contribution in [0.5, 0.6) is 5.75 Å². The van der Waals surface area contributed by atoms with Crippen LogP contribution in [0.1, 0.15) is 24.1 Å². The van der Waals surface area contributed by atoms with Crippen LogP contribution in [0.3, 0.4) is 0 Å². The Hall–Kier alpha value is -2.60. The molecule has 1 amide bonds. The van der Waals surface area contributed by atoms with E-state index in [-0.39, 0.29) is 5.91 Å². The molecule has 0 aliphatic carbocycles. The quantitative estimate of drug-likeness (QED) is 0.645. The van der Waals surface area contributed by atoms with Gasteiger partial charge >= 0.3 is 0 Å². The predicted molar refractivity (Wildman–Crippen MR) is 111 cm³/mol. The number of benzene rings is 1. The lowest BCUT2D eigenvalue weighted by atomic mass is 9.93. The van der Waals surface area contributed by atoms with Crippen molar-refractivity contribution in [3.8, 4) is 17.0 Å². The summed E-state index contributed by atoms with van der Waals surface area (Å²) in [5.41, 5.74) is 2.00. The van der Waals surface area contributed by atoms with Crippen LogP contribution in [0.25, 0.3) is 11.3 Å². The smallest absolute Gasteiger partial charge is 0.227 e. The number of carbonyl (C=O) groups is 1. The number of imidazole rings is 1. The second-order valence-electron chi connectivity index (χ2n) is 7.18. The van der Waals surface area contributed by atoms with Gasteiger partial charge in [-0.3, -0.25) is 4.79 Å². The molecule has 5 nitrogen and oxygen atoms in total. The number of para-hydroxylation sites is 1. The number of amides is 1. The van der Waals surface area contributed by atoms with E-state index in [4.69, 9.17) is 4.74 Å². The number of hydrogen-bond acceptors (Lipinski definition) is 4. The zero-order valence-corrected chi connectivity index (χ0v) is 16.7. The molecule has 1 fully saturated rings. The number of thiophene rings is 1. The number of aromatic nitrogens is 2. The van der Waals surface area contributed by atoms with Crippen LogP contribution >= 0.6 is 11.3 Å². The van der Waals surface area contributed by atoms with Crippen LogP contribution < -0.4 is 4.74 Å². The molecule has 1 aliphatic heterocycles. The molecule has 28 heavy (non-hydrogen) atoms. The Morgan fingerprint density at radius 1 is 1.21 bits per heavy atom. The van der Waals surface area contributed by atoms with E-state index in [0.717, 1.165) is 54.2 Å². The van der Waals surface area contributed by atoms with Crippen molar-refractivity contribution < 1.29 is 9.53 Å². The molecule has 0 bridgehead atoms. The van der Waals surface area contributed by atoms with E-state index in [0.29, 0.717) is 18.9 Å². The fraction of sp³-hybridized carbons (Fsp3) is 0.364. The third-order valence-corrected chi connectivity index (χ3v) is 6.21. The van der Waals surface area contributed by atoms with Crippen LogP contribution in [0.2, 0.25) is 0 Å². The molecule has 1 saturated heterocycles. The molecular formula is C22H25N3O2S. The monoisotopic (exact) mass is 395 g/mol. The van der Waals surface area contributed by atoms with E-state index >= 15 is 0 Å². The summed E-state index contributed by atoms with van der Waals surface area (Å²) >= 11 is 1.65. The molecule has 3 heterocycles. The first-order valence-electron chi connectivity index (χ1n) is 9.80. The second-order valence-corrected chi connectivity index (χ2v) is 8.21. The first-order chi connectivity index (χ1) is 13.8. The summed E-state index contributed by atoms with van der Waals surface area (Å²) in [7, 11) is 0. The highest BCUT2D eigenvalue weighted by atomic mass is 32.1. The van der Waals surface area contributed by atoms with Crippen LogP contribution in [-0.2, 0) is 11.2 Å². The van der Waals surface area contributed by atoms with Crippen molar-refractivity contribution in [3.63, 3.8) is 0 Å². The van der Waals surface area contributed by atoms with Gasteiger partial charge in [-0.25, -0.2) is 4.98 Å². The van der Waals surface area contributed by atoms with Gasteiger partial charge in [0.2, 0.25) is 5.91 Å². The van der Waals surface area contributed by atoms with E-state index in [1.807, 2.05) is 52.9 Å². The standard InChI is InChI=1S/C22H25N3O2S/c26-22(14-18-4-3-13-28-18)25-10-7-17(8-11-25)9-12-27-21-6-2-1-5-19(21)20-15-23-16-24-20/h1-6,13,15-17H,7-12,14H2,(H,23,24).